The van der Waals surface area contributed by atoms with Crippen molar-refractivity contribution in [3.63, 3.8) is 0 Å². The third-order valence-electron chi connectivity index (χ3n) is 7.21. The summed E-state index contributed by atoms with van der Waals surface area (Å²) in [7, 11) is 0. The van der Waals surface area contributed by atoms with Crippen LogP contribution in [0.15, 0.2) is 36.7 Å². The fourth-order valence-electron chi connectivity index (χ4n) is 5.36. The first-order chi connectivity index (χ1) is 17.8. The predicted molar refractivity (Wildman–Crippen MR) is 144 cm³/mol. The lowest BCUT2D eigenvalue weighted by atomic mass is 9.97. The fourth-order valence-corrected chi connectivity index (χ4v) is 5.36. The molecule has 192 valence electrons. The van der Waals surface area contributed by atoms with Crippen molar-refractivity contribution in [3.05, 3.63) is 47.8 Å². The number of ether oxygens (including phenoxy) is 2. The van der Waals surface area contributed by atoms with E-state index in [1.54, 1.807) is 13.8 Å². The summed E-state index contributed by atoms with van der Waals surface area (Å²) < 4.78 is 11.5. The van der Waals surface area contributed by atoms with Crippen molar-refractivity contribution >= 4 is 22.4 Å². The molecule has 3 N–H and O–H groups in total. The van der Waals surface area contributed by atoms with E-state index >= 15 is 0 Å². The summed E-state index contributed by atoms with van der Waals surface area (Å²) in [6.45, 7) is 11.3. The Morgan fingerprint density at radius 1 is 1.05 bits per heavy atom. The molecule has 0 bridgehead atoms. The van der Waals surface area contributed by atoms with Gasteiger partial charge in [-0.2, -0.15) is 0 Å². The summed E-state index contributed by atoms with van der Waals surface area (Å²) in [6.07, 6.45) is 3.55. The van der Waals surface area contributed by atoms with Crippen molar-refractivity contribution in [1.82, 2.24) is 20.2 Å². The van der Waals surface area contributed by atoms with Crippen molar-refractivity contribution < 1.29 is 14.6 Å². The summed E-state index contributed by atoms with van der Waals surface area (Å²) in [5, 5.41) is 23.8. The fraction of sp³-hybridized carbons (Fsp3) is 0.393. The van der Waals surface area contributed by atoms with Crippen molar-refractivity contribution in [2.45, 2.75) is 39.4 Å². The van der Waals surface area contributed by atoms with Gasteiger partial charge in [-0.15, -0.1) is 10.2 Å². The van der Waals surface area contributed by atoms with Crippen LogP contribution in [0, 0.1) is 13.8 Å². The second kappa shape index (κ2) is 9.00. The Labute approximate surface area is 215 Å². The molecule has 6 rings (SSSR count). The number of aryl methyl sites for hydroxylation is 2. The van der Waals surface area contributed by atoms with Crippen LogP contribution in [0.25, 0.3) is 33.4 Å². The van der Waals surface area contributed by atoms with Gasteiger partial charge in [0.2, 0.25) is 5.88 Å². The highest BCUT2D eigenvalue weighted by Gasteiger charge is 2.33. The molecule has 5 heterocycles. The molecule has 9 nitrogen and oxygen atoms in total. The van der Waals surface area contributed by atoms with Gasteiger partial charge in [-0.05, 0) is 63.1 Å². The van der Waals surface area contributed by atoms with E-state index in [0.29, 0.717) is 25.6 Å². The second-order valence-electron chi connectivity index (χ2n) is 10.5. The van der Waals surface area contributed by atoms with Crippen molar-refractivity contribution in [2.24, 2.45) is 0 Å². The first-order valence-corrected chi connectivity index (χ1v) is 12.7. The Bertz CT molecular complexity index is 1450. The number of hydrogen-bond acceptors (Lipinski definition) is 8. The highest BCUT2D eigenvalue weighted by molar-refractivity contribution is 5.95. The number of aliphatic hydroxyl groups is 1. The van der Waals surface area contributed by atoms with Gasteiger partial charge in [0, 0.05) is 59.8 Å². The molecule has 3 aromatic heterocycles. The summed E-state index contributed by atoms with van der Waals surface area (Å²) in [5.41, 5.74) is 8.08. The topological polar surface area (TPSA) is 108 Å². The number of aromatic amines is 1. The molecule has 0 saturated carbocycles. The van der Waals surface area contributed by atoms with Gasteiger partial charge in [-0.1, -0.05) is 0 Å². The van der Waals surface area contributed by atoms with Gasteiger partial charge in [-0.3, -0.25) is 0 Å². The van der Waals surface area contributed by atoms with E-state index in [1.165, 1.54) is 5.69 Å². The first kappa shape index (κ1) is 23.7. The van der Waals surface area contributed by atoms with Crippen molar-refractivity contribution in [3.8, 4) is 28.3 Å². The molecule has 2 aliphatic heterocycles. The minimum absolute atomic E-state index is 0.236. The van der Waals surface area contributed by atoms with E-state index in [-0.39, 0.29) is 6.10 Å². The van der Waals surface area contributed by atoms with E-state index in [1.807, 2.05) is 12.4 Å². The SMILES string of the molecule is Cc1cc(-c2cc3c(-c4cnc5c(c4)NCCO5)c[nH]c3nn2)cc(C)c1N1CCOC(C(C)(C)O)C1. The number of pyridine rings is 1. The molecular formula is C28H32N6O3. The molecule has 1 saturated heterocycles. The summed E-state index contributed by atoms with van der Waals surface area (Å²) in [6, 6.07) is 8.49. The van der Waals surface area contributed by atoms with Gasteiger partial charge in [0.05, 0.1) is 23.6 Å². The zero-order chi connectivity index (χ0) is 25.7. The molecule has 37 heavy (non-hydrogen) atoms. The molecule has 9 heteroatoms. The molecule has 0 radical (unpaired) electrons. The van der Waals surface area contributed by atoms with E-state index in [9.17, 15) is 5.11 Å². The number of anilines is 2. The van der Waals surface area contributed by atoms with Gasteiger partial charge in [0.1, 0.15) is 12.7 Å². The largest absolute Gasteiger partial charge is 0.474 e. The number of rotatable bonds is 4. The number of fused-ring (bicyclic) bond motifs is 2. The number of H-pyrrole nitrogens is 1. The third kappa shape index (κ3) is 4.38. The molecule has 1 atom stereocenters. The van der Waals surface area contributed by atoms with Crippen molar-refractivity contribution in [2.75, 3.05) is 43.1 Å². The zero-order valence-electron chi connectivity index (χ0n) is 21.6. The minimum Gasteiger partial charge on any atom is -0.474 e. The van der Waals surface area contributed by atoms with Gasteiger partial charge in [-0.25, -0.2) is 4.98 Å². The van der Waals surface area contributed by atoms with Crippen LogP contribution in [0.3, 0.4) is 0 Å². The minimum atomic E-state index is -0.893. The monoisotopic (exact) mass is 500 g/mol. The molecule has 0 spiro atoms. The molecular weight excluding hydrogens is 468 g/mol. The van der Waals surface area contributed by atoms with Crippen molar-refractivity contribution in [1.29, 1.82) is 0 Å². The Morgan fingerprint density at radius 3 is 2.65 bits per heavy atom. The molecule has 1 unspecified atom stereocenters. The molecule has 1 aromatic carbocycles. The Balaban J connectivity index is 1.34. The van der Waals surface area contributed by atoms with Crippen LogP contribution in [-0.4, -0.2) is 69.8 Å². The summed E-state index contributed by atoms with van der Waals surface area (Å²) >= 11 is 0. The van der Waals surface area contributed by atoms with Crippen LogP contribution in [0.4, 0.5) is 11.4 Å². The molecule has 0 aliphatic carbocycles. The van der Waals surface area contributed by atoms with Crippen LogP contribution < -0.4 is 15.0 Å². The number of aromatic nitrogens is 4. The lowest BCUT2D eigenvalue weighted by Gasteiger charge is -2.40. The second-order valence-corrected chi connectivity index (χ2v) is 10.5. The first-order valence-electron chi connectivity index (χ1n) is 12.7. The Morgan fingerprint density at radius 2 is 1.86 bits per heavy atom. The predicted octanol–water partition coefficient (Wildman–Crippen LogP) is 4.08. The van der Waals surface area contributed by atoms with Crippen LogP contribution >= 0.6 is 0 Å². The molecule has 4 aromatic rings. The average Bonchev–Trinajstić information content (AvgIpc) is 3.31. The number of morpholine rings is 1. The van der Waals surface area contributed by atoms with Gasteiger partial charge in [0.15, 0.2) is 5.65 Å². The normalized spacial score (nSPS) is 17.9. The Hall–Kier alpha value is -3.69. The molecule has 2 aliphatic rings. The maximum absolute atomic E-state index is 10.5. The smallest absolute Gasteiger partial charge is 0.237 e. The number of nitrogens with one attached hydrogen (secondary N) is 2. The van der Waals surface area contributed by atoms with E-state index in [4.69, 9.17) is 9.47 Å². The zero-order valence-corrected chi connectivity index (χ0v) is 21.6. The summed E-state index contributed by atoms with van der Waals surface area (Å²) in [4.78, 5) is 10.1. The highest BCUT2D eigenvalue weighted by atomic mass is 16.5. The van der Waals surface area contributed by atoms with Crippen LogP contribution in [0.1, 0.15) is 25.0 Å². The quantitative estimate of drug-likeness (QED) is 0.385. The molecule has 1 fully saturated rings. The Kier molecular flexibility index (Phi) is 5.77. The van der Waals surface area contributed by atoms with E-state index < -0.39 is 5.60 Å². The van der Waals surface area contributed by atoms with Gasteiger partial charge < -0.3 is 29.8 Å². The maximum Gasteiger partial charge on any atom is 0.237 e. The average molecular weight is 501 g/mol. The lowest BCUT2D eigenvalue weighted by Crippen LogP contribution is -2.52. The standard InChI is InChI=1S/C28H32N6O3/c1-16-9-18(10-17(2)25(16)34-6-8-36-24(15-34)28(3,4)35)22-12-20-21(14-30-26(20)33-32-22)19-11-23-27(31-13-19)37-7-5-29-23/h9-14,24,29,35H,5-8,15H2,1-4H3,(H,30,33). The van der Waals surface area contributed by atoms with E-state index in [0.717, 1.165) is 63.3 Å². The van der Waals surface area contributed by atoms with Crippen LogP contribution in [-0.2, 0) is 4.74 Å². The van der Waals surface area contributed by atoms with Gasteiger partial charge >= 0.3 is 0 Å². The highest BCUT2D eigenvalue weighted by Crippen LogP contribution is 2.36. The number of hydrogen-bond donors (Lipinski definition) is 3. The summed E-state index contributed by atoms with van der Waals surface area (Å²) in [5.74, 6) is 0.635. The van der Waals surface area contributed by atoms with Crippen LogP contribution in [0.5, 0.6) is 5.88 Å². The number of nitrogens with zero attached hydrogens (tertiary/aromatic N) is 4. The van der Waals surface area contributed by atoms with E-state index in [2.05, 4.69) is 68.5 Å². The maximum atomic E-state index is 10.5. The lowest BCUT2D eigenvalue weighted by molar-refractivity contribution is -0.0928. The molecule has 0 amide bonds. The van der Waals surface area contributed by atoms with Gasteiger partial charge in [0.25, 0.3) is 0 Å². The third-order valence-corrected chi connectivity index (χ3v) is 7.21. The number of benzene rings is 1. The van der Waals surface area contributed by atoms with Crippen LogP contribution in [0.2, 0.25) is 0 Å².